The van der Waals surface area contributed by atoms with Crippen molar-refractivity contribution in [3.63, 3.8) is 0 Å². The zero-order valence-electron chi connectivity index (χ0n) is 20.1. The van der Waals surface area contributed by atoms with Crippen LogP contribution in [0.3, 0.4) is 0 Å². The maximum absolute atomic E-state index is 13.1. The van der Waals surface area contributed by atoms with Crippen LogP contribution in [0.15, 0.2) is 48.5 Å². The molecular formula is C28H35NO5. The third-order valence-electron chi connectivity index (χ3n) is 7.21. The number of aryl methyl sites for hydroxylation is 2. The Balaban J connectivity index is 1.33. The van der Waals surface area contributed by atoms with Crippen molar-refractivity contribution in [2.75, 3.05) is 33.4 Å². The number of para-hydroxylation sites is 2. The molecule has 34 heavy (non-hydrogen) atoms. The molecule has 2 aromatic rings. The lowest BCUT2D eigenvalue weighted by Crippen LogP contribution is -2.47. The van der Waals surface area contributed by atoms with Crippen molar-refractivity contribution in [3.05, 3.63) is 59.7 Å². The SMILES string of the molecule is COc1ccccc1CCC(=O)N1CCC2(CCCCc3ccccc3OCCOC2=O)CC1. The van der Waals surface area contributed by atoms with Crippen LogP contribution in [0, 0.1) is 5.41 Å². The van der Waals surface area contributed by atoms with Gasteiger partial charge in [0.05, 0.1) is 12.5 Å². The Morgan fingerprint density at radius 3 is 2.53 bits per heavy atom. The molecule has 1 fully saturated rings. The van der Waals surface area contributed by atoms with Gasteiger partial charge in [-0.15, -0.1) is 0 Å². The average molecular weight is 466 g/mol. The molecule has 0 atom stereocenters. The van der Waals surface area contributed by atoms with E-state index in [4.69, 9.17) is 14.2 Å². The maximum Gasteiger partial charge on any atom is 0.312 e. The van der Waals surface area contributed by atoms with Crippen molar-refractivity contribution in [1.82, 2.24) is 4.90 Å². The number of benzene rings is 2. The van der Waals surface area contributed by atoms with Crippen molar-refractivity contribution < 1.29 is 23.8 Å². The third kappa shape index (κ3) is 5.72. The summed E-state index contributed by atoms with van der Waals surface area (Å²) < 4.78 is 16.9. The highest BCUT2D eigenvalue weighted by molar-refractivity contribution is 5.79. The molecule has 0 bridgehead atoms. The van der Waals surface area contributed by atoms with Gasteiger partial charge in [0.25, 0.3) is 0 Å². The summed E-state index contributed by atoms with van der Waals surface area (Å²) in [5, 5.41) is 0. The number of carbonyl (C=O) groups excluding carboxylic acids is 2. The van der Waals surface area contributed by atoms with Crippen LogP contribution in [-0.2, 0) is 27.2 Å². The van der Waals surface area contributed by atoms with Gasteiger partial charge in [0.15, 0.2) is 0 Å². The molecule has 0 aliphatic carbocycles. The number of hydrogen-bond donors (Lipinski definition) is 0. The first-order chi connectivity index (χ1) is 16.6. The Morgan fingerprint density at radius 2 is 1.71 bits per heavy atom. The van der Waals surface area contributed by atoms with Crippen molar-refractivity contribution in [2.45, 2.75) is 51.4 Å². The lowest BCUT2D eigenvalue weighted by atomic mass is 9.74. The summed E-state index contributed by atoms with van der Waals surface area (Å²) in [6.07, 6.45) is 6.09. The molecule has 0 unspecified atom stereocenters. The van der Waals surface area contributed by atoms with E-state index in [1.54, 1.807) is 7.11 Å². The van der Waals surface area contributed by atoms with Crippen molar-refractivity contribution >= 4 is 11.9 Å². The molecule has 2 aliphatic rings. The smallest absolute Gasteiger partial charge is 0.312 e. The third-order valence-corrected chi connectivity index (χ3v) is 7.21. The molecule has 2 aliphatic heterocycles. The van der Waals surface area contributed by atoms with Gasteiger partial charge in [-0.25, -0.2) is 0 Å². The van der Waals surface area contributed by atoms with Crippen molar-refractivity contribution in [3.8, 4) is 11.5 Å². The summed E-state index contributed by atoms with van der Waals surface area (Å²) in [6, 6.07) is 15.9. The van der Waals surface area contributed by atoms with Crippen LogP contribution in [0.2, 0.25) is 0 Å². The number of fused-ring (bicyclic) bond motifs is 1. The monoisotopic (exact) mass is 465 g/mol. The van der Waals surface area contributed by atoms with E-state index in [0.717, 1.165) is 42.7 Å². The number of ether oxygens (including phenoxy) is 3. The van der Waals surface area contributed by atoms with E-state index < -0.39 is 5.41 Å². The first kappa shape index (κ1) is 24.1. The molecule has 0 N–H and O–H groups in total. The predicted octanol–water partition coefficient (Wildman–Crippen LogP) is 4.59. The summed E-state index contributed by atoms with van der Waals surface area (Å²) in [5.41, 5.74) is 1.75. The van der Waals surface area contributed by atoms with Crippen LogP contribution < -0.4 is 9.47 Å². The Bertz CT molecular complexity index is 980. The zero-order chi connectivity index (χ0) is 23.8. The standard InChI is InChI=1S/C28H35NO5/c1-32-24-11-4-2-9-23(24)13-14-26(30)29-18-16-28(17-19-29)15-7-6-10-22-8-3-5-12-25(22)33-20-21-34-27(28)31/h2-5,8-9,11-12H,6-7,10,13-21H2,1H3. The number of cyclic esters (lactones) is 1. The molecule has 6 heteroatoms. The molecule has 2 heterocycles. The lowest BCUT2D eigenvalue weighted by Gasteiger charge is -2.40. The number of likely N-dealkylation sites (tertiary alicyclic amines) is 1. The quantitative estimate of drug-likeness (QED) is 0.618. The van der Waals surface area contributed by atoms with Gasteiger partial charge in [0.2, 0.25) is 5.91 Å². The molecule has 2 aromatic carbocycles. The van der Waals surface area contributed by atoms with Crippen molar-refractivity contribution in [2.24, 2.45) is 5.41 Å². The fourth-order valence-corrected chi connectivity index (χ4v) is 5.12. The van der Waals surface area contributed by atoms with E-state index >= 15 is 0 Å². The molecule has 0 saturated carbocycles. The van der Waals surface area contributed by atoms with Crippen molar-refractivity contribution in [1.29, 1.82) is 0 Å². The number of carbonyl (C=O) groups is 2. The van der Waals surface area contributed by atoms with E-state index in [-0.39, 0.29) is 18.5 Å². The van der Waals surface area contributed by atoms with Crippen LogP contribution >= 0.6 is 0 Å². The van der Waals surface area contributed by atoms with Gasteiger partial charge < -0.3 is 19.1 Å². The highest BCUT2D eigenvalue weighted by atomic mass is 16.6. The second-order valence-electron chi connectivity index (χ2n) is 9.27. The van der Waals surface area contributed by atoms with Gasteiger partial charge in [0.1, 0.15) is 24.7 Å². The van der Waals surface area contributed by atoms with Gasteiger partial charge in [0, 0.05) is 19.5 Å². The number of hydrogen-bond acceptors (Lipinski definition) is 5. The molecule has 6 nitrogen and oxygen atoms in total. The fraction of sp³-hybridized carbons (Fsp3) is 0.500. The predicted molar refractivity (Wildman–Crippen MR) is 130 cm³/mol. The summed E-state index contributed by atoms with van der Waals surface area (Å²) in [6.45, 7) is 1.79. The minimum Gasteiger partial charge on any atom is -0.496 e. The minimum atomic E-state index is -0.502. The first-order valence-corrected chi connectivity index (χ1v) is 12.4. The maximum atomic E-state index is 13.1. The molecular weight excluding hydrogens is 430 g/mol. The van der Waals surface area contributed by atoms with E-state index in [1.807, 2.05) is 47.4 Å². The van der Waals surface area contributed by atoms with Gasteiger partial charge in [-0.2, -0.15) is 0 Å². The van der Waals surface area contributed by atoms with Gasteiger partial charge in [-0.05, 0) is 61.8 Å². The zero-order valence-corrected chi connectivity index (χ0v) is 20.1. The van der Waals surface area contributed by atoms with E-state index in [0.29, 0.717) is 45.4 Å². The summed E-state index contributed by atoms with van der Waals surface area (Å²) in [7, 11) is 1.65. The van der Waals surface area contributed by atoms with E-state index in [9.17, 15) is 9.59 Å². The molecule has 0 aromatic heterocycles. The molecule has 1 amide bonds. The second-order valence-corrected chi connectivity index (χ2v) is 9.27. The van der Waals surface area contributed by atoms with Gasteiger partial charge in [-0.1, -0.05) is 42.8 Å². The van der Waals surface area contributed by atoms with Crippen LogP contribution in [0.5, 0.6) is 11.5 Å². The second kappa shape index (κ2) is 11.4. The molecule has 4 rings (SSSR count). The minimum absolute atomic E-state index is 0.132. The van der Waals surface area contributed by atoms with Crippen LogP contribution in [0.25, 0.3) is 0 Å². The molecule has 1 saturated heterocycles. The number of methoxy groups -OCH3 is 1. The summed E-state index contributed by atoms with van der Waals surface area (Å²) in [5.74, 6) is 1.70. The number of nitrogens with zero attached hydrogens (tertiary/aromatic N) is 1. The van der Waals surface area contributed by atoms with Crippen LogP contribution in [0.4, 0.5) is 0 Å². The van der Waals surface area contributed by atoms with E-state index in [2.05, 4.69) is 6.07 Å². The molecule has 182 valence electrons. The number of amides is 1. The Hall–Kier alpha value is -3.02. The fourth-order valence-electron chi connectivity index (χ4n) is 5.12. The van der Waals surface area contributed by atoms with Gasteiger partial charge >= 0.3 is 5.97 Å². The molecule has 1 spiro atoms. The normalized spacial score (nSPS) is 18.6. The largest absolute Gasteiger partial charge is 0.496 e. The van der Waals surface area contributed by atoms with E-state index in [1.165, 1.54) is 5.56 Å². The topological polar surface area (TPSA) is 65.1 Å². The number of piperidine rings is 1. The van der Waals surface area contributed by atoms with Gasteiger partial charge in [-0.3, -0.25) is 9.59 Å². The lowest BCUT2D eigenvalue weighted by molar-refractivity contribution is -0.162. The van der Waals surface area contributed by atoms with Crippen LogP contribution in [0.1, 0.15) is 49.7 Å². The first-order valence-electron chi connectivity index (χ1n) is 12.4. The highest BCUT2D eigenvalue weighted by Crippen LogP contribution is 2.39. The summed E-state index contributed by atoms with van der Waals surface area (Å²) in [4.78, 5) is 27.9. The molecule has 0 radical (unpaired) electrons. The highest BCUT2D eigenvalue weighted by Gasteiger charge is 2.43. The Morgan fingerprint density at radius 1 is 0.971 bits per heavy atom. The number of esters is 1. The summed E-state index contributed by atoms with van der Waals surface area (Å²) >= 11 is 0. The average Bonchev–Trinajstić information content (AvgIpc) is 2.88. The van der Waals surface area contributed by atoms with Crippen LogP contribution in [-0.4, -0.2) is 50.2 Å². The number of rotatable bonds is 4. The Kier molecular flexibility index (Phi) is 8.09. The Labute approximate surface area is 202 Å².